The molecule has 4 rings (SSSR count). The lowest BCUT2D eigenvalue weighted by molar-refractivity contribution is 0.0608. The highest BCUT2D eigenvalue weighted by molar-refractivity contribution is 5.95. The Morgan fingerprint density at radius 3 is 2.56 bits per heavy atom. The van der Waals surface area contributed by atoms with Gasteiger partial charge in [-0.3, -0.25) is 9.69 Å². The maximum atomic E-state index is 12.7. The molecule has 7 heteroatoms. The fourth-order valence-corrected chi connectivity index (χ4v) is 3.78. The zero-order valence-corrected chi connectivity index (χ0v) is 15.2. The number of hydrogen-bond donors (Lipinski definition) is 1. The van der Waals surface area contributed by atoms with E-state index in [1.807, 2.05) is 17.0 Å². The highest BCUT2D eigenvalue weighted by Gasteiger charge is 2.25. The molecule has 0 unspecified atom stereocenters. The summed E-state index contributed by atoms with van der Waals surface area (Å²) in [6.45, 7) is 7.26. The number of carbonyl (C=O) groups excluding carboxylic acids is 1. The van der Waals surface area contributed by atoms with E-state index in [4.69, 9.17) is 9.47 Å². The molecule has 2 fully saturated rings. The molecule has 25 heavy (non-hydrogen) atoms. The standard InChI is InChI=1S/C18H25N3O3.ClH/c22-18(15-1-2-16-17(11-15)24-13-23-16)21-9-7-20(8-10-21)12-14-3-5-19-6-4-14;/h1-2,11,14,19H,3-10,12-13H2;1H. The SMILES string of the molecule is Cl.O=C(c1ccc2c(c1)OCO2)N1CCN(CC2CCNCC2)CC1. The second-order valence-corrected chi connectivity index (χ2v) is 6.85. The Labute approximate surface area is 154 Å². The first-order valence-electron chi connectivity index (χ1n) is 8.91. The summed E-state index contributed by atoms with van der Waals surface area (Å²) in [7, 11) is 0. The molecule has 138 valence electrons. The van der Waals surface area contributed by atoms with Crippen molar-refractivity contribution in [2.45, 2.75) is 12.8 Å². The van der Waals surface area contributed by atoms with Gasteiger partial charge in [0.15, 0.2) is 11.5 Å². The number of hydrogen-bond acceptors (Lipinski definition) is 5. The number of ether oxygens (including phenoxy) is 2. The minimum absolute atomic E-state index is 0. The summed E-state index contributed by atoms with van der Waals surface area (Å²) in [6, 6.07) is 5.45. The second-order valence-electron chi connectivity index (χ2n) is 6.85. The van der Waals surface area contributed by atoms with Crippen LogP contribution in [-0.4, -0.2) is 68.3 Å². The molecule has 0 aromatic heterocycles. The van der Waals surface area contributed by atoms with Gasteiger partial charge in [-0.1, -0.05) is 0 Å². The summed E-state index contributed by atoms with van der Waals surface area (Å²) >= 11 is 0. The minimum Gasteiger partial charge on any atom is -0.454 e. The van der Waals surface area contributed by atoms with Crippen molar-refractivity contribution in [3.8, 4) is 11.5 Å². The second kappa shape index (κ2) is 8.25. The Morgan fingerprint density at radius 1 is 1.08 bits per heavy atom. The molecule has 1 N–H and O–H groups in total. The van der Waals surface area contributed by atoms with Crippen LogP contribution in [0.2, 0.25) is 0 Å². The first kappa shape index (κ1) is 18.3. The van der Waals surface area contributed by atoms with E-state index in [1.54, 1.807) is 6.07 Å². The summed E-state index contributed by atoms with van der Waals surface area (Å²) in [4.78, 5) is 17.2. The fraction of sp³-hybridized carbons (Fsp3) is 0.611. The molecular formula is C18H26ClN3O3. The van der Waals surface area contributed by atoms with Gasteiger partial charge in [0, 0.05) is 38.3 Å². The highest BCUT2D eigenvalue weighted by Crippen LogP contribution is 2.32. The lowest BCUT2D eigenvalue weighted by Gasteiger charge is -2.37. The predicted molar refractivity (Wildman–Crippen MR) is 97.8 cm³/mol. The number of fused-ring (bicyclic) bond motifs is 1. The van der Waals surface area contributed by atoms with Gasteiger partial charge in [-0.25, -0.2) is 0 Å². The van der Waals surface area contributed by atoms with Crippen LogP contribution in [0.4, 0.5) is 0 Å². The molecule has 3 aliphatic rings. The van der Waals surface area contributed by atoms with Gasteiger partial charge in [0.1, 0.15) is 0 Å². The lowest BCUT2D eigenvalue weighted by Crippen LogP contribution is -2.50. The molecule has 6 nitrogen and oxygen atoms in total. The van der Waals surface area contributed by atoms with Gasteiger partial charge in [0.25, 0.3) is 5.91 Å². The number of nitrogens with zero attached hydrogens (tertiary/aromatic N) is 2. The van der Waals surface area contributed by atoms with E-state index >= 15 is 0 Å². The summed E-state index contributed by atoms with van der Waals surface area (Å²) in [5.74, 6) is 2.29. The zero-order chi connectivity index (χ0) is 16.4. The van der Waals surface area contributed by atoms with E-state index in [1.165, 1.54) is 19.4 Å². The third-order valence-electron chi connectivity index (χ3n) is 5.25. The summed E-state index contributed by atoms with van der Waals surface area (Å²) in [5.41, 5.74) is 0.686. The molecule has 0 spiro atoms. The quantitative estimate of drug-likeness (QED) is 0.879. The molecule has 1 aromatic carbocycles. The van der Waals surface area contributed by atoms with Crippen LogP contribution >= 0.6 is 12.4 Å². The van der Waals surface area contributed by atoms with Crippen LogP contribution in [0.5, 0.6) is 11.5 Å². The topological polar surface area (TPSA) is 54.0 Å². The van der Waals surface area contributed by atoms with Crippen molar-refractivity contribution in [2.24, 2.45) is 5.92 Å². The summed E-state index contributed by atoms with van der Waals surface area (Å²) in [6.07, 6.45) is 2.55. The monoisotopic (exact) mass is 367 g/mol. The minimum atomic E-state index is 0. The number of halogens is 1. The third kappa shape index (κ3) is 4.19. The number of rotatable bonds is 3. The van der Waals surface area contributed by atoms with Crippen LogP contribution in [0, 0.1) is 5.92 Å². The molecule has 3 heterocycles. The van der Waals surface area contributed by atoms with Crippen LogP contribution in [-0.2, 0) is 0 Å². The van der Waals surface area contributed by atoms with Crippen molar-refractivity contribution in [1.29, 1.82) is 0 Å². The summed E-state index contributed by atoms with van der Waals surface area (Å²) < 4.78 is 10.7. The Morgan fingerprint density at radius 2 is 1.80 bits per heavy atom. The van der Waals surface area contributed by atoms with E-state index in [0.29, 0.717) is 11.3 Å². The molecule has 1 aromatic rings. The average Bonchev–Trinajstić information content (AvgIpc) is 3.10. The molecule has 0 radical (unpaired) electrons. The third-order valence-corrected chi connectivity index (χ3v) is 5.25. The molecule has 0 atom stereocenters. The van der Waals surface area contributed by atoms with E-state index in [-0.39, 0.29) is 25.1 Å². The van der Waals surface area contributed by atoms with Gasteiger partial charge in [-0.05, 0) is 50.0 Å². The van der Waals surface area contributed by atoms with Gasteiger partial charge in [-0.2, -0.15) is 0 Å². The highest BCUT2D eigenvalue weighted by atomic mass is 35.5. The normalized spacial score (nSPS) is 21.0. The van der Waals surface area contributed by atoms with Gasteiger partial charge in [0.2, 0.25) is 6.79 Å². The first-order chi connectivity index (χ1) is 11.8. The number of benzene rings is 1. The zero-order valence-electron chi connectivity index (χ0n) is 14.4. The number of piperidine rings is 1. The molecule has 0 bridgehead atoms. The lowest BCUT2D eigenvalue weighted by atomic mass is 9.97. The Hall–Kier alpha value is -1.50. The Kier molecular flexibility index (Phi) is 6.04. The maximum absolute atomic E-state index is 12.7. The van der Waals surface area contributed by atoms with Crippen molar-refractivity contribution in [2.75, 3.05) is 52.6 Å². The van der Waals surface area contributed by atoms with Crippen LogP contribution in [0.3, 0.4) is 0 Å². The van der Waals surface area contributed by atoms with Crippen molar-refractivity contribution in [3.05, 3.63) is 23.8 Å². The van der Waals surface area contributed by atoms with E-state index in [2.05, 4.69) is 10.2 Å². The van der Waals surface area contributed by atoms with Gasteiger partial charge in [0.05, 0.1) is 0 Å². The van der Waals surface area contributed by atoms with E-state index in [9.17, 15) is 4.79 Å². The number of carbonyl (C=O) groups is 1. The van der Waals surface area contributed by atoms with Crippen LogP contribution in [0.15, 0.2) is 18.2 Å². The van der Waals surface area contributed by atoms with E-state index < -0.39 is 0 Å². The molecule has 1 amide bonds. The first-order valence-corrected chi connectivity index (χ1v) is 8.91. The van der Waals surface area contributed by atoms with Gasteiger partial charge >= 0.3 is 0 Å². The number of amides is 1. The Balaban J connectivity index is 0.00000182. The molecule has 2 saturated heterocycles. The van der Waals surface area contributed by atoms with Gasteiger partial charge in [-0.15, -0.1) is 12.4 Å². The van der Waals surface area contributed by atoms with Crippen molar-refractivity contribution < 1.29 is 14.3 Å². The smallest absolute Gasteiger partial charge is 0.254 e. The average molecular weight is 368 g/mol. The molecule has 3 aliphatic heterocycles. The van der Waals surface area contributed by atoms with E-state index in [0.717, 1.165) is 50.9 Å². The van der Waals surface area contributed by atoms with Crippen molar-refractivity contribution >= 4 is 18.3 Å². The fourth-order valence-electron chi connectivity index (χ4n) is 3.78. The van der Waals surface area contributed by atoms with Crippen LogP contribution in [0.1, 0.15) is 23.2 Å². The predicted octanol–water partition coefficient (Wildman–Crippen LogP) is 1.59. The number of nitrogens with one attached hydrogen (secondary N) is 1. The van der Waals surface area contributed by atoms with Gasteiger partial charge < -0.3 is 19.7 Å². The largest absolute Gasteiger partial charge is 0.454 e. The van der Waals surface area contributed by atoms with Crippen molar-refractivity contribution in [1.82, 2.24) is 15.1 Å². The number of piperazine rings is 1. The van der Waals surface area contributed by atoms with Crippen molar-refractivity contribution in [3.63, 3.8) is 0 Å². The van der Waals surface area contributed by atoms with Crippen LogP contribution < -0.4 is 14.8 Å². The summed E-state index contributed by atoms with van der Waals surface area (Å²) in [5, 5.41) is 3.42. The van der Waals surface area contributed by atoms with Crippen LogP contribution in [0.25, 0.3) is 0 Å². The molecular weight excluding hydrogens is 342 g/mol. The Bertz CT molecular complexity index is 599. The molecule has 0 aliphatic carbocycles. The molecule has 0 saturated carbocycles. The maximum Gasteiger partial charge on any atom is 0.254 e.